The molecule has 0 amide bonds. The molecule has 0 spiro atoms. The molecule has 0 saturated carbocycles. The summed E-state index contributed by atoms with van der Waals surface area (Å²) < 4.78 is 11.4. The van der Waals surface area contributed by atoms with E-state index in [1.54, 1.807) is 11.3 Å². The molecule has 0 fully saturated rings. The summed E-state index contributed by atoms with van der Waals surface area (Å²) in [7, 11) is 0. The summed E-state index contributed by atoms with van der Waals surface area (Å²) in [5.41, 5.74) is 11.9. The van der Waals surface area contributed by atoms with Gasteiger partial charge in [-0.05, 0) is 78.1 Å². The summed E-state index contributed by atoms with van der Waals surface area (Å²) in [6, 6.07) is 55.3. The Labute approximate surface area is 331 Å². The van der Waals surface area contributed by atoms with E-state index >= 15 is 0 Å². The lowest BCUT2D eigenvalue weighted by Crippen LogP contribution is -2.00. The van der Waals surface area contributed by atoms with Gasteiger partial charge in [-0.2, -0.15) is 0 Å². The third kappa shape index (κ3) is 5.04. The van der Waals surface area contributed by atoms with Gasteiger partial charge in [0.1, 0.15) is 11.2 Å². The van der Waals surface area contributed by atoms with Crippen LogP contribution in [0.3, 0.4) is 0 Å². The van der Waals surface area contributed by atoms with Gasteiger partial charge in [0.05, 0.1) is 16.6 Å². The summed E-state index contributed by atoms with van der Waals surface area (Å²) in [5, 5.41) is 5.87. The van der Waals surface area contributed by atoms with Crippen LogP contribution >= 0.6 is 11.3 Å². The molecule has 4 aromatic heterocycles. The molecule has 0 bridgehead atoms. The second kappa shape index (κ2) is 12.7. The van der Waals surface area contributed by atoms with Crippen molar-refractivity contribution in [2.45, 2.75) is 12.8 Å². The number of rotatable bonds is 5. The van der Waals surface area contributed by atoms with E-state index in [1.165, 1.54) is 36.9 Å². The van der Waals surface area contributed by atoms with Gasteiger partial charge in [0.15, 0.2) is 17.5 Å². The van der Waals surface area contributed by atoms with Crippen molar-refractivity contribution in [3.8, 4) is 51.0 Å². The molecule has 0 N–H and O–H groups in total. The van der Waals surface area contributed by atoms with Crippen LogP contribution in [-0.4, -0.2) is 19.5 Å². The van der Waals surface area contributed by atoms with E-state index in [4.69, 9.17) is 19.4 Å². The first-order chi connectivity index (χ1) is 28.3. The Morgan fingerprint density at radius 3 is 1.95 bits per heavy atom. The van der Waals surface area contributed by atoms with Crippen molar-refractivity contribution >= 4 is 70.4 Å². The van der Waals surface area contributed by atoms with Crippen molar-refractivity contribution in [3.05, 3.63) is 175 Å². The average molecular weight is 749 g/mol. The summed E-state index contributed by atoms with van der Waals surface area (Å²) in [6.45, 7) is 0. The molecular weight excluding hydrogens is 717 g/mol. The van der Waals surface area contributed by atoms with Crippen LogP contribution in [0.5, 0.6) is 0 Å². The largest absolute Gasteiger partial charge is 0.456 e. The van der Waals surface area contributed by atoms with Gasteiger partial charge >= 0.3 is 0 Å². The Morgan fingerprint density at radius 1 is 0.509 bits per heavy atom. The molecule has 4 heterocycles. The zero-order chi connectivity index (χ0) is 37.5. The van der Waals surface area contributed by atoms with E-state index in [0.717, 1.165) is 73.7 Å². The lowest BCUT2D eigenvalue weighted by molar-refractivity contribution is 0.669. The molecule has 0 aliphatic heterocycles. The predicted molar refractivity (Wildman–Crippen MR) is 236 cm³/mol. The van der Waals surface area contributed by atoms with Gasteiger partial charge < -0.3 is 8.98 Å². The highest BCUT2D eigenvalue weighted by molar-refractivity contribution is 7.26. The van der Waals surface area contributed by atoms with Gasteiger partial charge in [-0.3, -0.25) is 0 Å². The van der Waals surface area contributed by atoms with Crippen molar-refractivity contribution in [1.82, 2.24) is 19.5 Å². The zero-order valence-electron chi connectivity index (χ0n) is 30.7. The summed E-state index contributed by atoms with van der Waals surface area (Å²) in [4.78, 5) is 15.3. The van der Waals surface area contributed by atoms with Crippen LogP contribution < -0.4 is 0 Å². The van der Waals surface area contributed by atoms with E-state index in [1.807, 2.05) is 36.4 Å². The lowest BCUT2D eigenvalue weighted by Gasteiger charge is -2.13. The molecule has 5 nitrogen and oxygen atoms in total. The second-order valence-electron chi connectivity index (χ2n) is 14.6. The molecule has 0 unspecified atom stereocenters. The number of benzene rings is 7. The van der Waals surface area contributed by atoms with Crippen molar-refractivity contribution < 1.29 is 4.42 Å². The Kier molecular flexibility index (Phi) is 7.16. The van der Waals surface area contributed by atoms with Crippen molar-refractivity contribution in [3.63, 3.8) is 0 Å². The van der Waals surface area contributed by atoms with Gasteiger partial charge in [-0.1, -0.05) is 121 Å². The number of para-hydroxylation sites is 1. The maximum absolute atomic E-state index is 6.60. The first kappa shape index (κ1) is 32.1. The van der Waals surface area contributed by atoms with E-state index in [9.17, 15) is 0 Å². The highest BCUT2D eigenvalue weighted by Gasteiger charge is 2.23. The van der Waals surface area contributed by atoms with Gasteiger partial charge in [-0.25, -0.2) is 15.0 Å². The van der Waals surface area contributed by atoms with Crippen LogP contribution in [-0.2, 0) is 6.42 Å². The Bertz CT molecular complexity index is 3350. The Morgan fingerprint density at radius 2 is 1.18 bits per heavy atom. The van der Waals surface area contributed by atoms with Crippen LogP contribution in [0.15, 0.2) is 168 Å². The van der Waals surface area contributed by atoms with E-state index in [-0.39, 0.29) is 0 Å². The molecule has 7 aromatic carbocycles. The van der Waals surface area contributed by atoms with Crippen molar-refractivity contribution in [1.29, 1.82) is 0 Å². The fourth-order valence-electron chi connectivity index (χ4n) is 8.83. The highest BCUT2D eigenvalue weighted by atomic mass is 32.1. The molecule has 0 saturated heterocycles. The molecule has 0 radical (unpaired) electrons. The Balaban J connectivity index is 1.09. The van der Waals surface area contributed by atoms with Crippen LogP contribution in [0.25, 0.3) is 110 Å². The molecule has 268 valence electrons. The van der Waals surface area contributed by atoms with Crippen LogP contribution in [0, 0.1) is 0 Å². The van der Waals surface area contributed by atoms with Gasteiger partial charge in [0, 0.05) is 53.3 Å². The summed E-state index contributed by atoms with van der Waals surface area (Å²) >= 11 is 1.80. The number of aryl methyl sites for hydroxylation is 1. The summed E-state index contributed by atoms with van der Waals surface area (Å²) in [6.07, 6.45) is 6.69. The monoisotopic (exact) mass is 748 g/mol. The maximum atomic E-state index is 6.60. The number of allylic oxidation sites excluding steroid dienone is 1. The van der Waals surface area contributed by atoms with Crippen molar-refractivity contribution in [2.24, 2.45) is 0 Å². The smallest absolute Gasteiger partial charge is 0.164 e. The second-order valence-corrected chi connectivity index (χ2v) is 15.7. The maximum Gasteiger partial charge on any atom is 0.164 e. The highest BCUT2D eigenvalue weighted by Crippen LogP contribution is 2.46. The standard InChI is InChI=1S/C51H32N4OS/c1-3-14-31(15-4-1)49-52-50(32-16-5-2-6-17-32)54-51(53-49)37-21-12-27-45-48(37)47-34(20-11-26-44(47)57-45)33-28-29-42-38(30-33)46-41(24-13-25-43(46)56-42)55-39-22-9-7-18-35(39)36-19-8-10-23-40(36)55/h1-7,9-18,20-30H,8,19H2. The minimum Gasteiger partial charge on any atom is -0.456 e. The topological polar surface area (TPSA) is 56.7 Å². The van der Waals surface area contributed by atoms with Gasteiger partial charge in [-0.15, -0.1) is 11.3 Å². The first-order valence-corrected chi connectivity index (χ1v) is 20.1. The third-order valence-electron chi connectivity index (χ3n) is 11.3. The normalized spacial score (nSPS) is 12.7. The molecule has 12 rings (SSSR count). The average Bonchev–Trinajstić information content (AvgIpc) is 3.96. The molecule has 6 heteroatoms. The first-order valence-electron chi connectivity index (χ1n) is 19.3. The molecule has 57 heavy (non-hydrogen) atoms. The minimum atomic E-state index is 0.650. The fourth-order valence-corrected chi connectivity index (χ4v) is 9.99. The zero-order valence-corrected chi connectivity index (χ0v) is 31.5. The molecular formula is C51H32N4OS. The number of hydrogen-bond donors (Lipinski definition) is 0. The van der Waals surface area contributed by atoms with Gasteiger partial charge in [0.25, 0.3) is 0 Å². The predicted octanol–water partition coefficient (Wildman–Crippen LogP) is 13.7. The minimum absolute atomic E-state index is 0.650. The number of hydrogen-bond acceptors (Lipinski definition) is 5. The fraction of sp³-hybridized carbons (Fsp3) is 0.0392. The summed E-state index contributed by atoms with van der Waals surface area (Å²) in [5.74, 6) is 1.95. The van der Waals surface area contributed by atoms with Crippen LogP contribution in [0.2, 0.25) is 0 Å². The van der Waals surface area contributed by atoms with Crippen LogP contribution in [0.1, 0.15) is 17.7 Å². The molecule has 1 aliphatic carbocycles. The number of nitrogens with zero attached hydrogens (tertiary/aromatic N) is 4. The molecule has 1 aliphatic rings. The molecule has 11 aromatic rings. The van der Waals surface area contributed by atoms with Crippen molar-refractivity contribution in [2.75, 3.05) is 0 Å². The van der Waals surface area contributed by atoms with Crippen LogP contribution in [0.4, 0.5) is 0 Å². The third-order valence-corrected chi connectivity index (χ3v) is 12.5. The van der Waals surface area contributed by atoms with E-state index in [2.05, 4.69) is 138 Å². The number of fused-ring (bicyclic) bond motifs is 9. The van der Waals surface area contributed by atoms with Gasteiger partial charge in [0.2, 0.25) is 0 Å². The SMILES string of the molecule is C1=Cc2c(c3ccccc3n2-c2cccc3oc4ccc(-c5cccc6sc7cccc(-c8nc(-c9ccccc9)nc(-c9ccccc9)n8)c7c56)cc4c23)CC1. The number of furan rings is 1. The molecule has 0 atom stereocenters. The lowest BCUT2D eigenvalue weighted by atomic mass is 9.96. The quantitative estimate of drug-likeness (QED) is 0.176. The van der Waals surface area contributed by atoms with E-state index < -0.39 is 0 Å². The number of thiophene rings is 1. The van der Waals surface area contributed by atoms with E-state index in [0.29, 0.717) is 17.5 Å². The Hall–Kier alpha value is -7.15. The number of aromatic nitrogens is 4.